The predicted octanol–water partition coefficient (Wildman–Crippen LogP) is 4.76. The van der Waals surface area contributed by atoms with E-state index in [1.165, 1.54) is 5.39 Å². The van der Waals surface area contributed by atoms with Crippen LogP contribution in [-0.2, 0) is 11.3 Å². The Morgan fingerprint density at radius 1 is 0.967 bits per heavy atom. The zero-order valence-corrected chi connectivity index (χ0v) is 17.7. The molecule has 0 N–H and O–H groups in total. The molecule has 0 aliphatic carbocycles. The lowest BCUT2D eigenvalue weighted by Gasteiger charge is -2.13. The Balaban J connectivity index is 1.46. The van der Waals surface area contributed by atoms with Crippen LogP contribution in [0.25, 0.3) is 21.7 Å². The van der Waals surface area contributed by atoms with E-state index in [1.54, 1.807) is 23.4 Å². The summed E-state index contributed by atoms with van der Waals surface area (Å²) in [5, 5.41) is 3.72. The van der Waals surface area contributed by atoms with Crippen molar-refractivity contribution in [2.75, 3.05) is 26.1 Å². The van der Waals surface area contributed by atoms with Crippen molar-refractivity contribution in [1.29, 1.82) is 0 Å². The van der Waals surface area contributed by atoms with Gasteiger partial charge in [0.2, 0.25) is 0 Å². The summed E-state index contributed by atoms with van der Waals surface area (Å²) >= 11 is 1.54. The average Bonchev–Trinajstić information content (AvgIpc) is 2.78. The van der Waals surface area contributed by atoms with Crippen LogP contribution in [0.5, 0.6) is 5.75 Å². The lowest BCUT2D eigenvalue weighted by atomic mass is 10.1. The molecule has 0 aliphatic rings. The number of fused-ring (bicyclic) bond motifs is 2. The molecule has 1 aromatic heterocycles. The molecule has 0 saturated carbocycles. The van der Waals surface area contributed by atoms with E-state index in [9.17, 15) is 4.79 Å². The largest absolute Gasteiger partial charge is 0.493 e. The number of aromatic nitrogens is 2. The van der Waals surface area contributed by atoms with Crippen molar-refractivity contribution in [3.63, 3.8) is 0 Å². The minimum atomic E-state index is -0.00495. The second-order valence-electron chi connectivity index (χ2n) is 6.92. The molecule has 0 radical (unpaired) electrons. The van der Waals surface area contributed by atoms with Crippen LogP contribution in [0.3, 0.4) is 0 Å². The van der Waals surface area contributed by atoms with Crippen LogP contribution in [-0.4, -0.2) is 35.6 Å². The molecular formula is C24H24N2O3S. The van der Waals surface area contributed by atoms with Crippen LogP contribution >= 0.6 is 11.8 Å². The Morgan fingerprint density at radius 2 is 1.77 bits per heavy atom. The van der Waals surface area contributed by atoms with Gasteiger partial charge in [0.05, 0.1) is 17.5 Å². The van der Waals surface area contributed by atoms with Crippen LogP contribution in [0.4, 0.5) is 0 Å². The molecule has 0 saturated heterocycles. The summed E-state index contributed by atoms with van der Waals surface area (Å²) in [6.07, 6.45) is 0.761. The average molecular weight is 421 g/mol. The van der Waals surface area contributed by atoms with Crippen molar-refractivity contribution in [1.82, 2.24) is 9.55 Å². The van der Waals surface area contributed by atoms with Crippen molar-refractivity contribution >= 4 is 33.4 Å². The summed E-state index contributed by atoms with van der Waals surface area (Å²) in [6.45, 7) is 1.72. The van der Waals surface area contributed by atoms with E-state index in [-0.39, 0.29) is 5.56 Å². The Morgan fingerprint density at radius 3 is 2.63 bits per heavy atom. The third-order valence-electron chi connectivity index (χ3n) is 4.86. The third-order valence-corrected chi connectivity index (χ3v) is 5.80. The SMILES string of the molecule is COCCCn1c(SCCOc2ccc3ccccc3c2)nc2ccccc2c1=O. The Hall–Kier alpha value is -2.83. The van der Waals surface area contributed by atoms with Gasteiger partial charge >= 0.3 is 0 Å². The maximum Gasteiger partial charge on any atom is 0.262 e. The zero-order chi connectivity index (χ0) is 20.8. The van der Waals surface area contributed by atoms with Gasteiger partial charge in [0, 0.05) is 26.0 Å². The van der Waals surface area contributed by atoms with E-state index in [2.05, 4.69) is 24.3 Å². The van der Waals surface area contributed by atoms with E-state index in [1.807, 2.05) is 42.5 Å². The lowest BCUT2D eigenvalue weighted by Crippen LogP contribution is -2.24. The van der Waals surface area contributed by atoms with Crippen LogP contribution in [0, 0.1) is 0 Å². The molecule has 5 nitrogen and oxygen atoms in total. The number of nitrogens with zero attached hydrogens (tertiary/aromatic N) is 2. The summed E-state index contributed by atoms with van der Waals surface area (Å²) in [4.78, 5) is 17.7. The summed E-state index contributed by atoms with van der Waals surface area (Å²) in [5.74, 6) is 1.54. The van der Waals surface area contributed by atoms with Gasteiger partial charge in [-0.2, -0.15) is 0 Å². The highest BCUT2D eigenvalue weighted by atomic mass is 32.2. The highest BCUT2D eigenvalue weighted by Crippen LogP contribution is 2.22. The monoisotopic (exact) mass is 420 g/mol. The topological polar surface area (TPSA) is 53.4 Å². The van der Waals surface area contributed by atoms with Gasteiger partial charge in [0.25, 0.3) is 5.56 Å². The fraction of sp³-hybridized carbons (Fsp3) is 0.250. The normalized spacial score (nSPS) is 11.2. The first-order valence-electron chi connectivity index (χ1n) is 9.99. The van der Waals surface area contributed by atoms with Crippen LogP contribution in [0.15, 0.2) is 76.7 Å². The Kier molecular flexibility index (Phi) is 6.67. The summed E-state index contributed by atoms with van der Waals surface area (Å²) in [5.41, 5.74) is 0.720. The number of rotatable bonds is 9. The molecular weight excluding hydrogens is 396 g/mol. The number of benzene rings is 3. The molecule has 4 aromatic rings. The maximum atomic E-state index is 13.0. The molecule has 3 aromatic carbocycles. The van der Waals surface area contributed by atoms with E-state index in [0.717, 1.165) is 28.2 Å². The van der Waals surface area contributed by atoms with Gasteiger partial charge in [-0.25, -0.2) is 4.98 Å². The fourth-order valence-electron chi connectivity index (χ4n) is 3.37. The van der Waals surface area contributed by atoms with Gasteiger partial charge in [-0.1, -0.05) is 54.2 Å². The first kappa shape index (κ1) is 20.4. The molecule has 0 unspecified atom stereocenters. The van der Waals surface area contributed by atoms with E-state index < -0.39 is 0 Å². The molecule has 0 bridgehead atoms. The number of methoxy groups -OCH3 is 1. The van der Waals surface area contributed by atoms with Crippen molar-refractivity contribution in [3.8, 4) is 5.75 Å². The van der Waals surface area contributed by atoms with E-state index in [0.29, 0.717) is 30.9 Å². The van der Waals surface area contributed by atoms with Crippen LogP contribution < -0.4 is 10.3 Å². The van der Waals surface area contributed by atoms with Gasteiger partial charge in [-0.15, -0.1) is 0 Å². The fourth-order valence-corrected chi connectivity index (χ4v) is 4.21. The van der Waals surface area contributed by atoms with Crippen LogP contribution in [0.2, 0.25) is 0 Å². The van der Waals surface area contributed by atoms with Gasteiger partial charge in [-0.3, -0.25) is 9.36 Å². The predicted molar refractivity (Wildman–Crippen MR) is 123 cm³/mol. The van der Waals surface area contributed by atoms with Crippen molar-refractivity contribution in [3.05, 3.63) is 77.1 Å². The Bertz CT molecular complexity index is 1210. The molecule has 0 spiro atoms. The summed E-state index contributed by atoms with van der Waals surface area (Å²) in [6, 6.07) is 21.8. The second kappa shape index (κ2) is 9.78. The molecule has 154 valence electrons. The first-order chi connectivity index (χ1) is 14.8. The summed E-state index contributed by atoms with van der Waals surface area (Å²) in [7, 11) is 1.67. The molecule has 1 heterocycles. The number of ether oxygens (including phenoxy) is 2. The maximum absolute atomic E-state index is 13.0. The van der Waals surface area contributed by atoms with Crippen molar-refractivity contribution in [2.24, 2.45) is 0 Å². The number of hydrogen-bond donors (Lipinski definition) is 0. The molecule has 0 fully saturated rings. The third kappa shape index (κ3) is 4.66. The quantitative estimate of drug-likeness (QED) is 0.222. The number of para-hydroxylation sites is 1. The van der Waals surface area contributed by atoms with Gasteiger partial charge in [0.1, 0.15) is 5.75 Å². The smallest absolute Gasteiger partial charge is 0.262 e. The molecule has 4 rings (SSSR count). The standard InChI is InChI=1S/C24H24N2O3S/c1-28-14-6-13-26-23(27)21-9-4-5-10-22(21)25-24(26)30-16-15-29-20-12-11-18-7-2-3-8-19(18)17-20/h2-5,7-12,17H,6,13-16H2,1H3. The highest BCUT2D eigenvalue weighted by Gasteiger charge is 2.11. The Labute approximate surface area is 179 Å². The second-order valence-corrected chi connectivity index (χ2v) is 7.98. The van der Waals surface area contributed by atoms with Crippen molar-refractivity contribution in [2.45, 2.75) is 18.1 Å². The zero-order valence-electron chi connectivity index (χ0n) is 16.9. The lowest BCUT2D eigenvalue weighted by molar-refractivity contribution is 0.189. The molecule has 0 aliphatic heterocycles. The minimum absolute atomic E-state index is 0.00495. The first-order valence-corrected chi connectivity index (χ1v) is 11.0. The summed E-state index contributed by atoms with van der Waals surface area (Å²) < 4.78 is 12.8. The minimum Gasteiger partial charge on any atom is -0.493 e. The van der Waals surface area contributed by atoms with Gasteiger partial charge in [-0.05, 0) is 41.5 Å². The molecule has 0 amide bonds. The number of thioether (sulfide) groups is 1. The van der Waals surface area contributed by atoms with Gasteiger partial charge in [0.15, 0.2) is 5.16 Å². The van der Waals surface area contributed by atoms with Crippen LogP contribution in [0.1, 0.15) is 6.42 Å². The van der Waals surface area contributed by atoms with E-state index >= 15 is 0 Å². The molecule has 0 atom stereocenters. The molecule has 30 heavy (non-hydrogen) atoms. The van der Waals surface area contributed by atoms with Crippen molar-refractivity contribution < 1.29 is 9.47 Å². The van der Waals surface area contributed by atoms with Gasteiger partial charge < -0.3 is 9.47 Å². The van der Waals surface area contributed by atoms with E-state index in [4.69, 9.17) is 14.5 Å². The molecule has 6 heteroatoms. The highest BCUT2D eigenvalue weighted by molar-refractivity contribution is 7.99. The number of hydrogen-bond acceptors (Lipinski definition) is 5.